The monoisotopic (exact) mass is 497 g/mol. The second kappa shape index (κ2) is 10.2. The second-order valence-corrected chi connectivity index (χ2v) is 9.08. The Balaban J connectivity index is 1.72. The highest BCUT2D eigenvalue weighted by atomic mass is 19.3. The van der Waals surface area contributed by atoms with E-state index >= 15 is 0 Å². The summed E-state index contributed by atoms with van der Waals surface area (Å²) in [6.45, 7) is 2.36. The van der Waals surface area contributed by atoms with Gasteiger partial charge in [0, 0.05) is 28.6 Å². The summed E-state index contributed by atoms with van der Waals surface area (Å²) in [6.07, 6.45) is 3.55. The first-order chi connectivity index (χ1) is 17.1. The number of aliphatic carboxylic acids is 1. The fourth-order valence-corrected chi connectivity index (χ4v) is 4.52. The van der Waals surface area contributed by atoms with E-state index in [1.807, 2.05) is 25.1 Å². The van der Waals surface area contributed by atoms with Crippen LogP contribution in [0.15, 0.2) is 42.5 Å². The van der Waals surface area contributed by atoms with Gasteiger partial charge in [0.15, 0.2) is 0 Å². The summed E-state index contributed by atoms with van der Waals surface area (Å²) in [7, 11) is 1.58. The van der Waals surface area contributed by atoms with Crippen molar-refractivity contribution < 1.29 is 28.5 Å². The zero-order chi connectivity index (χ0) is 26.0. The van der Waals surface area contributed by atoms with Gasteiger partial charge in [-0.2, -0.15) is 8.78 Å². The van der Waals surface area contributed by atoms with E-state index in [1.165, 1.54) is 12.1 Å². The molecule has 0 amide bonds. The van der Waals surface area contributed by atoms with Crippen molar-refractivity contribution in [2.24, 2.45) is 5.92 Å². The molecule has 0 fully saturated rings. The minimum Gasteiger partial charge on any atom is -0.496 e. The number of aromatic nitrogens is 2. The van der Waals surface area contributed by atoms with E-state index in [0.29, 0.717) is 47.7 Å². The summed E-state index contributed by atoms with van der Waals surface area (Å²) in [4.78, 5) is 20.5. The van der Waals surface area contributed by atoms with E-state index in [4.69, 9.17) is 9.84 Å². The van der Waals surface area contributed by atoms with Crippen LogP contribution in [0, 0.1) is 12.8 Å². The van der Waals surface area contributed by atoms with E-state index in [-0.39, 0.29) is 11.6 Å². The maximum Gasteiger partial charge on any atom is 0.306 e. The number of aryl methyl sites for hydroxylation is 1. The number of fused-ring (bicyclic) bond motifs is 1. The first kappa shape index (κ1) is 25.5. The van der Waals surface area contributed by atoms with Gasteiger partial charge in [0.25, 0.3) is 5.92 Å². The number of halogens is 2. The van der Waals surface area contributed by atoms with Crippen LogP contribution in [-0.4, -0.2) is 39.9 Å². The summed E-state index contributed by atoms with van der Waals surface area (Å²) in [5.41, 5.74) is 2.88. The minimum absolute atomic E-state index is 0.254. The van der Waals surface area contributed by atoms with Gasteiger partial charge in [0.1, 0.15) is 24.0 Å². The molecular formula is C27H29F2N3O4. The predicted octanol–water partition coefficient (Wildman–Crippen LogP) is 5.47. The Bertz CT molecular complexity index is 1330. The molecule has 2 atom stereocenters. The Kier molecular flexibility index (Phi) is 7.21. The van der Waals surface area contributed by atoms with E-state index in [9.17, 15) is 18.7 Å². The lowest BCUT2D eigenvalue weighted by atomic mass is 9.86. The number of allylic oxidation sites excluding steroid dienone is 2. The first-order valence-corrected chi connectivity index (χ1v) is 11.8. The third-order valence-electron chi connectivity index (χ3n) is 6.60. The zero-order valence-electron chi connectivity index (χ0n) is 20.4. The number of alkyl halides is 2. The summed E-state index contributed by atoms with van der Waals surface area (Å²) in [5.74, 6) is -2.79. The second-order valence-electron chi connectivity index (χ2n) is 9.08. The molecule has 0 aliphatic heterocycles. The number of hydrogen-bond donors (Lipinski definition) is 3. The van der Waals surface area contributed by atoms with Gasteiger partial charge < -0.3 is 20.3 Å². The SMILES string of the molecule is COc1cc2nc(C)nc(N[C@@H](C)c3cccc(C(F)(F)CO)c3)c2cc1C1=CCC(C(=O)O)CC1. The topological polar surface area (TPSA) is 105 Å². The fraction of sp³-hybridized carbons (Fsp3) is 0.370. The number of anilines is 1. The number of carbonyl (C=O) groups is 1. The summed E-state index contributed by atoms with van der Waals surface area (Å²) in [5, 5.41) is 22.4. The Morgan fingerprint density at radius 2 is 2.06 bits per heavy atom. The van der Waals surface area contributed by atoms with Crippen molar-refractivity contribution in [2.75, 3.05) is 19.0 Å². The van der Waals surface area contributed by atoms with Crippen LogP contribution in [0.3, 0.4) is 0 Å². The van der Waals surface area contributed by atoms with Gasteiger partial charge in [0.05, 0.1) is 18.5 Å². The molecule has 3 aromatic rings. The van der Waals surface area contributed by atoms with Crippen molar-refractivity contribution in [1.29, 1.82) is 0 Å². The molecule has 4 rings (SSSR count). The molecule has 1 aliphatic rings. The average Bonchev–Trinajstić information content (AvgIpc) is 2.88. The third kappa shape index (κ3) is 5.16. The number of nitrogens with one attached hydrogen (secondary N) is 1. The van der Waals surface area contributed by atoms with E-state index in [0.717, 1.165) is 16.5 Å². The van der Waals surface area contributed by atoms with Crippen LogP contribution in [0.1, 0.15) is 54.7 Å². The normalized spacial score (nSPS) is 16.9. The Morgan fingerprint density at radius 1 is 1.28 bits per heavy atom. The summed E-state index contributed by atoms with van der Waals surface area (Å²) in [6, 6.07) is 9.36. The lowest BCUT2D eigenvalue weighted by Gasteiger charge is -2.22. The molecule has 0 bridgehead atoms. The predicted molar refractivity (Wildman–Crippen MR) is 133 cm³/mol. The lowest BCUT2D eigenvalue weighted by molar-refractivity contribution is -0.141. The van der Waals surface area contributed by atoms with E-state index in [1.54, 1.807) is 26.2 Å². The van der Waals surface area contributed by atoms with Crippen LogP contribution in [0.25, 0.3) is 16.5 Å². The van der Waals surface area contributed by atoms with Gasteiger partial charge in [0.2, 0.25) is 0 Å². The summed E-state index contributed by atoms with van der Waals surface area (Å²) < 4.78 is 33.7. The van der Waals surface area contributed by atoms with Gasteiger partial charge in [-0.1, -0.05) is 24.3 Å². The zero-order valence-corrected chi connectivity index (χ0v) is 20.4. The minimum atomic E-state index is -3.33. The highest BCUT2D eigenvalue weighted by Gasteiger charge is 2.31. The molecule has 0 saturated heterocycles. The van der Waals surface area contributed by atoms with Gasteiger partial charge in [-0.25, -0.2) is 9.97 Å². The fourth-order valence-electron chi connectivity index (χ4n) is 4.52. The number of methoxy groups -OCH3 is 1. The number of ether oxygens (including phenoxy) is 1. The van der Waals surface area contributed by atoms with Crippen LogP contribution in [0.2, 0.25) is 0 Å². The van der Waals surface area contributed by atoms with E-state index in [2.05, 4.69) is 15.3 Å². The molecule has 36 heavy (non-hydrogen) atoms. The molecular weight excluding hydrogens is 468 g/mol. The molecule has 1 aliphatic carbocycles. The van der Waals surface area contributed by atoms with Crippen LogP contribution >= 0.6 is 0 Å². The van der Waals surface area contributed by atoms with Crippen molar-refractivity contribution >= 4 is 28.3 Å². The van der Waals surface area contributed by atoms with Crippen molar-refractivity contribution in [1.82, 2.24) is 9.97 Å². The standard InChI is InChI=1S/C27H29F2N3O4/c1-15(19-5-4-6-20(11-19)27(28,29)14-33)30-25-22-12-21(17-7-9-18(10-8-17)26(34)35)24(36-3)13-23(22)31-16(2)32-25/h4-7,11-13,15,18,33H,8-10,14H2,1-3H3,(H,34,35)(H,30,31,32)/t15-,18?/m0/s1. The quantitative estimate of drug-likeness (QED) is 0.379. The van der Waals surface area contributed by atoms with Crippen LogP contribution in [-0.2, 0) is 10.7 Å². The Hall–Kier alpha value is -3.59. The lowest BCUT2D eigenvalue weighted by Crippen LogP contribution is -2.19. The first-order valence-electron chi connectivity index (χ1n) is 11.8. The largest absolute Gasteiger partial charge is 0.496 e. The van der Waals surface area contributed by atoms with Crippen LogP contribution < -0.4 is 10.1 Å². The summed E-state index contributed by atoms with van der Waals surface area (Å²) >= 11 is 0. The molecule has 9 heteroatoms. The Morgan fingerprint density at radius 3 is 2.69 bits per heavy atom. The number of nitrogens with zero attached hydrogens (tertiary/aromatic N) is 2. The Labute approximate surface area is 207 Å². The number of carboxylic acids is 1. The molecule has 2 aromatic carbocycles. The van der Waals surface area contributed by atoms with Crippen LogP contribution in [0.4, 0.5) is 14.6 Å². The van der Waals surface area contributed by atoms with Gasteiger partial charge >= 0.3 is 5.97 Å². The maximum absolute atomic E-state index is 14.0. The third-order valence-corrected chi connectivity index (χ3v) is 6.60. The van der Waals surface area contributed by atoms with Crippen molar-refractivity contribution in [3.63, 3.8) is 0 Å². The molecule has 3 N–H and O–H groups in total. The van der Waals surface area contributed by atoms with Gasteiger partial charge in [-0.3, -0.25) is 4.79 Å². The van der Waals surface area contributed by atoms with Crippen molar-refractivity contribution in [3.8, 4) is 5.75 Å². The molecule has 1 aromatic heterocycles. The highest BCUT2D eigenvalue weighted by molar-refractivity contribution is 5.94. The number of aliphatic hydroxyl groups excluding tert-OH is 1. The van der Waals surface area contributed by atoms with Gasteiger partial charge in [-0.15, -0.1) is 0 Å². The number of aliphatic hydroxyl groups is 1. The van der Waals surface area contributed by atoms with Crippen LogP contribution in [0.5, 0.6) is 5.75 Å². The number of carboxylic acid groups (broad SMARTS) is 1. The molecule has 1 unspecified atom stereocenters. The number of hydrogen-bond acceptors (Lipinski definition) is 6. The molecule has 1 heterocycles. The van der Waals surface area contributed by atoms with Gasteiger partial charge in [-0.05, 0) is 56.4 Å². The van der Waals surface area contributed by atoms with E-state index < -0.39 is 24.4 Å². The highest BCUT2D eigenvalue weighted by Crippen LogP contribution is 2.39. The molecule has 0 spiro atoms. The average molecular weight is 498 g/mol. The van der Waals surface area contributed by atoms with Crippen molar-refractivity contribution in [2.45, 2.75) is 45.1 Å². The molecule has 190 valence electrons. The molecule has 7 nitrogen and oxygen atoms in total. The number of benzene rings is 2. The molecule has 0 radical (unpaired) electrons. The molecule has 0 saturated carbocycles. The maximum atomic E-state index is 14.0. The number of rotatable bonds is 8. The van der Waals surface area contributed by atoms with Crippen molar-refractivity contribution in [3.05, 3.63) is 65.0 Å². The smallest absolute Gasteiger partial charge is 0.306 e.